The predicted molar refractivity (Wildman–Crippen MR) is 59.5 cm³/mol. The molecule has 1 aliphatic rings. The summed E-state index contributed by atoms with van der Waals surface area (Å²) < 4.78 is 6.10. The molecule has 1 heterocycles. The third-order valence-corrected chi connectivity index (χ3v) is 4.85. The molecule has 1 nitrogen and oxygen atoms in total. The molecule has 0 aliphatic carbocycles. The van der Waals surface area contributed by atoms with Crippen LogP contribution in [0.3, 0.4) is 0 Å². The van der Waals surface area contributed by atoms with Crippen molar-refractivity contribution < 1.29 is 4.74 Å². The Labute approximate surface area is 88.0 Å². The summed E-state index contributed by atoms with van der Waals surface area (Å²) in [5, 5.41) is 0. The highest BCUT2D eigenvalue weighted by molar-refractivity contribution is 8.17. The van der Waals surface area contributed by atoms with Gasteiger partial charge in [-0.05, 0) is 24.3 Å². The zero-order valence-corrected chi connectivity index (χ0v) is 9.52. The van der Waals surface area contributed by atoms with Crippen LogP contribution in [0.5, 0.6) is 0 Å². The maximum Gasteiger partial charge on any atom is 0.0601 e. The van der Waals surface area contributed by atoms with Gasteiger partial charge in [-0.15, -0.1) is 35.1 Å². The summed E-state index contributed by atoms with van der Waals surface area (Å²) in [7, 11) is 0. The maximum absolute atomic E-state index is 5.49. The van der Waals surface area contributed by atoms with E-state index >= 15 is 0 Å². The molecule has 0 bridgehead atoms. The zero-order valence-electron chi connectivity index (χ0n) is 7.13. The Morgan fingerprint density at radius 2 is 2.00 bits per heavy atom. The smallest absolute Gasteiger partial charge is 0.0601 e. The molecule has 0 saturated carbocycles. The molecule has 1 fully saturated rings. The van der Waals surface area contributed by atoms with Crippen molar-refractivity contribution in [2.24, 2.45) is 0 Å². The normalized spacial score (nSPS) is 19.8. The molecule has 4 heteroatoms. The SMILES string of the molecule is ClCCOCCC1SCCCS1. The summed E-state index contributed by atoms with van der Waals surface area (Å²) >= 11 is 9.63. The van der Waals surface area contributed by atoms with Gasteiger partial charge in [0.25, 0.3) is 0 Å². The van der Waals surface area contributed by atoms with E-state index in [2.05, 4.69) is 23.5 Å². The van der Waals surface area contributed by atoms with Crippen molar-refractivity contribution in [3.05, 3.63) is 0 Å². The molecule has 0 radical (unpaired) electrons. The van der Waals surface area contributed by atoms with Crippen LogP contribution in [0.4, 0.5) is 0 Å². The fourth-order valence-corrected chi connectivity index (χ4v) is 3.97. The summed E-state index contributed by atoms with van der Waals surface area (Å²) in [5.41, 5.74) is 0. The molecule has 0 spiro atoms. The third-order valence-electron chi connectivity index (χ3n) is 1.62. The number of hydrogen-bond donors (Lipinski definition) is 0. The van der Waals surface area contributed by atoms with E-state index in [0.29, 0.717) is 12.5 Å². The van der Waals surface area contributed by atoms with Gasteiger partial charge in [-0.3, -0.25) is 0 Å². The average Bonchev–Trinajstić information content (AvgIpc) is 2.14. The van der Waals surface area contributed by atoms with Gasteiger partial charge >= 0.3 is 0 Å². The predicted octanol–water partition coefficient (Wildman–Crippen LogP) is 2.83. The lowest BCUT2D eigenvalue weighted by atomic mass is 10.5. The Kier molecular flexibility index (Phi) is 6.77. The van der Waals surface area contributed by atoms with E-state index < -0.39 is 0 Å². The van der Waals surface area contributed by atoms with Crippen LogP contribution in [0, 0.1) is 0 Å². The molecule has 0 N–H and O–H groups in total. The molecule has 0 amide bonds. The molecule has 0 aromatic heterocycles. The standard InChI is InChI=1S/C8H15ClOS2/c9-3-5-10-4-2-8-11-6-1-7-12-8/h8H,1-7H2. The molecule has 0 aromatic carbocycles. The zero-order chi connectivity index (χ0) is 8.65. The number of rotatable bonds is 5. The van der Waals surface area contributed by atoms with Gasteiger partial charge in [-0.25, -0.2) is 0 Å². The molecule has 12 heavy (non-hydrogen) atoms. The quantitative estimate of drug-likeness (QED) is 0.527. The minimum atomic E-state index is 0.616. The van der Waals surface area contributed by atoms with Crippen LogP contribution in [0.2, 0.25) is 0 Å². The van der Waals surface area contributed by atoms with Crippen molar-refractivity contribution in [2.45, 2.75) is 17.4 Å². The van der Waals surface area contributed by atoms with E-state index in [0.717, 1.165) is 11.2 Å². The Bertz CT molecular complexity index is 107. The second-order valence-electron chi connectivity index (χ2n) is 2.61. The molecule has 72 valence electrons. The average molecular weight is 227 g/mol. The molecular formula is C8H15ClOS2. The highest BCUT2D eigenvalue weighted by Gasteiger charge is 2.13. The van der Waals surface area contributed by atoms with Crippen molar-refractivity contribution in [2.75, 3.05) is 30.6 Å². The lowest BCUT2D eigenvalue weighted by Gasteiger charge is -2.20. The molecule has 0 aromatic rings. The fraction of sp³-hybridized carbons (Fsp3) is 1.00. The van der Waals surface area contributed by atoms with Gasteiger partial charge in [-0.1, -0.05) is 0 Å². The van der Waals surface area contributed by atoms with E-state index in [1.54, 1.807) is 0 Å². The van der Waals surface area contributed by atoms with Crippen molar-refractivity contribution in [1.29, 1.82) is 0 Å². The fourth-order valence-electron chi connectivity index (χ4n) is 1.04. The molecule has 1 rings (SSSR count). The van der Waals surface area contributed by atoms with E-state index in [-0.39, 0.29) is 0 Å². The topological polar surface area (TPSA) is 9.23 Å². The van der Waals surface area contributed by atoms with Crippen LogP contribution in [0.1, 0.15) is 12.8 Å². The second kappa shape index (κ2) is 7.36. The van der Waals surface area contributed by atoms with Gasteiger partial charge in [0.05, 0.1) is 11.2 Å². The van der Waals surface area contributed by atoms with Gasteiger partial charge < -0.3 is 4.74 Å². The summed E-state index contributed by atoms with van der Waals surface area (Å²) in [6.07, 6.45) is 2.54. The van der Waals surface area contributed by atoms with Crippen LogP contribution >= 0.6 is 35.1 Å². The van der Waals surface area contributed by atoms with Gasteiger partial charge in [0.2, 0.25) is 0 Å². The monoisotopic (exact) mass is 226 g/mol. The minimum absolute atomic E-state index is 0.616. The van der Waals surface area contributed by atoms with Crippen LogP contribution in [-0.2, 0) is 4.74 Å². The number of halogens is 1. The second-order valence-corrected chi connectivity index (χ2v) is 5.91. The number of hydrogen-bond acceptors (Lipinski definition) is 3. The van der Waals surface area contributed by atoms with Gasteiger partial charge in [-0.2, -0.15) is 0 Å². The molecular weight excluding hydrogens is 212 g/mol. The molecule has 1 saturated heterocycles. The Hall–Kier alpha value is 0.950. The number of ether oxygens (including phenoxy) is 1. The van der Waals surface area contributed by atoms with Crippen molar-refractivity contribution in [3.8, 4) is 0 Å². The van der Waals surface area contributed by atoms with Gasteiger partial charge in [0.15, 0.2) is 0 Å². The maximum atomic E-state index is 5.49. The third kappa shape index (κ3) is 4.85. The first kappa shape index (κ1) is 11.0. The van der Waals surface area contributed by atoms with E-state index in [9.17, 15) is 0 Å². The lowest BCUT2D eigenvalue weighted by molar-refractivity contribution is 0.149. The lowest BCUT2D eigenvalue weighted by Crippen LogP contribution is -2.10. The first-order chi connectivity index (χ1) is 5.93. The number of thioether (sulfide) groups is 2. The Morgan fingerprint density at radius 3 is 2.67 bits per heavy atom. The summed E-state index contributed by atoms with van der Waals surface area (Å²) in [6, 6.07) is 0. The van der Waals surface area contributed by atoms with Crippen molar-refractivity contribution in [3.63, 3.8) is 0 Å². The highest BCUT2D eigenvalue weighted by Crippen LogP contribution is 2.32. The minimum Gasteiger partial charge on any atom is -0.380 e. The van der Waals surface area contributed by atoms with Crippen LogP contribution in [0.15, 0.2) is 0 Å². The van der Waals surface area contributed by atoms with Crippen LogP contribution in [-0.4, -0.2) is 35.2 Å². The van der Waals surface area contributed by atoms with E-state index in [4.69, 9.17) is 16.3 Å². The summed E-state index contributed by atoms with van der Waals surface area (Å²) in [5.74, 6) is 3.27. The first-order valence-electron chi connectivity index (χ1n) is 4.30. The van der Waals surface area contributed by atoms with Crippen LogP contribution < -0.4 is 0 Å². The largest absolute Gasteiger partial charge is 0.380 e. The summed E-state index contributed by atoms with van der Waals surface area (Å²) in [6.45, 7) is 1.57. The highest BCUT2D eigenvalue weighted by atomic mass is 35.5. The van der Waals surface area contributed by atoms with E-state index in [1.807, 2.05) is 0 Å². The van der Waals surface area contributed by atoms with E-state index in [1.165, 1.54) is 24.3 Å². The Morgan fingerprint density at radius 1 is 1.25 bits per heavy atom. The molecule has 1 aliphatic heterocycles. The molecule has 0 unspecified atom stereocenters. The van der Waals surface area contributed by atoms with Gasteiger partial charge in [0, 0.05) is 12.5 Å². The summed E-state index contributed by atoms with van der Waals surface area (Å²) in [4.78, 5) is 0. The first-order valence-corrected chi connectivity index (χ1v) is 6.93. The van der Waals surface area contributed by atoms with Gasteiger partial charge in [0.1, 0.15) is 0 Å². The van der Waals surface area contributed by atoms with Crippen LogP contribution in [0.25, 0.3) is 0 Å². The molecule has 0 atom stereocenters. The van der Waals surface area contributed by atoms with Crippen molar-refractivity contribution >= 4 is 35.1 Å². The van der Waals surface area contributed by atoms with Crippen molar-refractivity contribution in [1.82, 2.24) is 0 Å². The Balaban J connectivity index is 1.91. The number of alkyl halides is 1.